The Morgan fingerprint density at radius 3 is 1.71 bits per heavy atom. The Bertz CT molecular complexity index is 549. The minimum absolute atomic E-state index is 0.0331. The maximum atomic E-state index is 9.45. The van der Waals surface area contributed by atoms with Crippen molar-refractivity contribution in [3.05, 3.63) is 59.7 Å². The highest BCUT2D eigenvalue weighted by Crippen LogP contribution is 2.29. The second-order valence-electron chi connectivity index (χ2n) is 6.51. The van der Waals surface area contributed by atoms with Crippen molar-refractivity contribution >= 4 is 0 Å². The molecule has 0 atom stereocenters. The predicted octanol–water partition coefficient (Wildman–Crippen LogP) is 5.21. The van der Waals surface area contributed by atoms with E-state index in [0.717, 1.165) is 5.56 Å². The van der Waals surface area contributed by atoms with Crippen molar-refractivity contribution in [2.24, 2.45) is 0 Å². The predicted molar refractivity (Wildman–Crippen MR) is 89.0 cm³/mol. The van der Waals surface area contributed by atoms with Crippen LogP contribution in [-0.4, -0.2) is 10.2 Å². The first-order valence-electron chi connectivity index (χ1n) is 7.29. The van der Waals surface area contributed by atoms with Gasteiger partial charge in [-0.2, -0.15) is 0 Å². The third kappa shape index (κ3) is 5.50. The van der Waals surface area contributed by atoms with Gasteiger partial charge in [0.2, 0.25) is 0 Å². The molecular weight excluding hydrogens is 260 g/mol. The summed E-state index contributed by atoms with van der Waals surface area (Å²) >= 11 is 0. The molecule has 114 valence electrons. The molecule has 0 heterocycles. The smallest absolute Gasteiger partial charge is 0.119 e. The molecule has 0 aliphatic carbocycles. The molecule has 2 rings (SSSR count). The number of benzene rings is 2. The summed E-state index contributed by atoms with van der Waals surface area (Å²) < 4.78 is 0. The lowest BCUT2D eigenvalue weighted by atomic mass is 9.86. The number of rotatable bonds is 1. The number of aromatic hydroxyl groups is 2. The summed E-state index contributed by atoms with van der Waals surface area (Å²) in [5, 5.41) is 18.4. The quantitative estimate of drug-likeness (QED) is 0.756. The lowest BCUT2D eigenvalue weighted by Crippen LogP contribution is -2.10. The van der Waals surface area contributed by atoms with Crippen molar-refractivity contribution in [2.75, 3.05) is 0 Å². The van der Waals surface area contributed by atoms with E-state index in [4.69, 9.17) is 5.11 Å². The second-order valence-corrected chi connectivity index (χ2v) is 6.51. The summed E-state index contributed by atoms with van der Waals surface area (Å²) in [6.07, 6.45) is 0. The molecule has 0 fully saturated rings. The van der Waals surface area contributed by atoms with Crippen LogP contribution in [0.3, 0.4) is 0 Å². The van der Waals surface area contributed by atoms with Crippen molar-refractivity contribution in [3.63, 3.8) is 0 Å². The van der Waals surface area contributed by atoms with E-state index < -0.39 is 0 Å². The Hall–Kier alpha value is -1.96. The largest absolute Gasteiger partial charge is 0.508 e. The first kappa shape index (κ1) is 17.1. The highest BCUT2D eigenvalue weighted by atomic mass is 16.3. The Morgan fingerprint density at radius 2 is 1.33 bits per heavy atom. The Balaban J connectivity index is 0.000000211. The van der Waals surface area contributed by atoms with E-state index in [2.05, 4.69) is 34.6 Å². The fourth-order valence-corrected chi connectivity index (χ4v) is 1.97. The van der Waals surface area contributed by atoms with Gasteiger partial charge in [-0.05, 0) is 40.7 Å². The number of hydrogen-bond acceptors (Lipinski definition) is 2. The van der Waals surface area contributed by atoms with Crippen LogP contribution in [0.25, 0.3) is 0 Å². The number of para-hydroxylation sites is 1. The third-order valence-electron chi connectivity index (χ3n) is 3.27. The van der Waals surface area contributed by atoms with E-state index in [0.29, 0.717) is 17.4 Å². The fourth-order valence-electron chi connectivity index (χ4n) is 1.97. The van der Waals surface area contributed by atoms with Crippen LogP contribution in [-0.2, 0) is 5.41 Å². The van der Waals surface area contributed by atoms with Gasteiger partial charge in [0, 0.05) is 0 Å². The van der Waals surface area contributed by atoms with E-state index in [1.54, 1.807) is 18.2 Å². The van der Waals surface area contributed by atoms with E-state index in [-0.39, 0.29) is 5.41 Å². The third-order valence-corrected chi connectivity index (χ3v) is 3.27. The van der Waals surface area contributed by atoms with Crippen LogP contribution < -0.4 is 0 Å². The van der Waals surface area contributed by atoms with Gasteiger partial charge in [0.05, 0.1) is 0 Å². The summed E-state index contributed by atoms with van der Waals surface area (Å²) in [5.74, 6) is 1.27. The highest BCUT2D eigenvalue weighted by molar-refractivity contribution is 5.36. The van der Waals surface area contributed by atoms with Gasteiger partial charge in [0.25, 0.3) is 0 Å². The van der Waals surface area contributed by atoms with Crippen LogP contribution in [0.15, 0.2) is 48.5 Å². The van der Waals surface area contributed by atoms with Gasteiger partial charge in [-0.1, -0.05) is 65.0 Å². The monoisotopic (exact) mass is 286 g/mol. The average Bonchev–Trinajstić information content (AvgIpc) is 2.39. The molecule has 2 nitrogen and oxygen atoms in total. The first-order valence-corrected chi connectivity index (χ1v) is 7.29. The molecule has 2 N–H and O–H groups in total. The molecule has 21 heavy (non-hydrogen) atoms. The van der Waals surface area contributed by atoms with Crippen molar-refractivity contribution < 1.29 is 10.2 Å². The number of hydrogen-bond donors (Lipinski definition) is 2. The molecule has 2 aromatic carbocycles. The molecular formula is C19H26O2. The van der Waals surface area contributed by atoms with Crippen LogP contribution >= 0.6 is 0 Å². The molecule has 0 aromatic heterocycles. The summed E-state index contributed by atoms with van der Waals surface area (Å²) in [6.45, 7) is 10.5. The number of phenols is 2. The van der Waals surface area contributed by atoms with Crippen LogP contribution in [0.5, 0.6) is 11.5 Å². The van der Waals surface area contributed by atoms with E-state index >= 15 is 0 Å². The van der Waals surface area contributed by atoms with Crippen LogP contribution in [0.1, 0.15) is 51.7 Å². The van der Waals surface area contributed by atoms with Crippen LogP contribution in [0.4, 0.5) is 0 Å². The summed E-state index contributed by atoms with van der Waals surface area (Å²) in [4.78, 5) is 0. The standard InChI is InChI=1S/C10H14O.C9H12O/c1-10(2,3)8-6-4-5-7-9(8)11;1-7(2)8-3-5-9(10)6-4-8/h4-7,11H,1-3H3;3-7,10H,1-2H3. The maximum absolute atomic E-state index is 9.45. The lowest BCUT2D eigenvalue weighted by molar-refractivity contribution is 0.447. The normalized spacial score (nSPS) is 11.0. The Morgan fingerprint density at radius 1 is 0.810 bits per heavy atom. The molecule has 0 saturated carbocycles. The Kier molecular flexibility index (Phi) is 5.83. The molecule has 0 aliphatic heterocycles. The minimum atomic E-state index is 0.0331. The van der Waals surface area contributed by atoms with Gasteiger partial charge in [-0.15, -0.1) is 0 Å². The molecule has 0 bridgehead atoms. The van der Waals surface area contributed by atoms with E-state index in [1.807, 2.05) is 30.3 Å². The Labute approximate surface area is 128 Å². The van der Waals surface area contributed by atoms with Crippen LogP contribution in [0, 0.1) is 0 Å². The summed E-state index contributed by atoms with van der Waals surface area (Å²) in [7, 11) is 0. The zero-order chi connectivity index (χ0) is 16.0. The summed E-state index contributed by atoms with van der Waals surface area (Å²) in [6, 6.07) is 14.8. The molecule has 2 heteroatoms. The second kappa shape index (κ2) is 7.16. The van der Waals surface area contributed by atoms with E-state index in [1.165, 1.54) is 5.56 Å². The van der Waals surface area contributed by atoms with Crippen molar-refractivity contribution in [1.82, 2.24) is 0 Å². The van der Waals surface area contributed by atoms with Crippen molar-refractivity contribution in [1.29, 1.82) is 0 Å². The highest BCUT2D eigenvalue weighted by Gasteiger charge is 2.16. The zero-order valence-corrected chi connectivity index (χ0v) is 13.6. The van der Waals surface area contributed by atoms with Crippen LogP contribution in [0.2, 0.25) is 0 Å². The van der Waals surface area contributed by atoms with Crippen molar-refractivity contribution in [2.45, 2.75) is 46.0 Å². The minimum Gasteiger partial charge on any atom is -0.508 e. The molecule has 0 saturated heterocycles. The first-order chi connectivity index (χ1) is 9.71. The van der Waals surface area contributed by atoms with Gasteiger partial charge in [0.1, 0.15) is 11.5 Å². The fraction of sp³-hybridized carbons (Fsp3) is 0.368. The average molecular weight is 286 g/mol. The molecule has 0 radical (unpaired) electrons. The zero-order valence-electron chi connectivity index (χ0n) is 13.6. The van der Waals surface area contributed by atoms with Gasteiger partial charge in [-0.25, -0.2) is 0 Å². The number of phenolic OH excluding ortho intramolecular Hbond substituents is 2. The topological polar surface area (TPSA) is 40.5 Å². The molecule has 0 aliphatic rings. The molecule has 0 spiro atoms. The van der Waals surface area contributed by atoms with E-state index in [9.17, 15) is 5.11 Å². The molecule has 2 aromatic rings. The van der Waals surface area contributed by atoms with Gasteiger partial charge < -0.3 is 10.2 Å². The maximum Gasteiger partial charge on any atom is 0.119 e. The SMILES string of the molecule is CC(C)(C)c1ccccc1O.CC(C)c1ccc(O)cc1. The lowest BCUT2D eigenvalue weighted by Gasteiger charge is -2.19. The van der Waals surface area contributed by atoms with Crippen molar-refractivity contribution in [3.8, 4) is 11.5 Å². The van der Waals surface area contributed by atoms with Gasteiger partial charge in [-0.3, -0.25) is 0 Å². The van der Waals surface area contributed by atoms with Gasteiger partial charge in [0.15, 0.2) is 0 Å². The molecule has 0 amide bonds. The van der Waals surface area contributed by atoms with Gasteiger partial charge >= 0.3 is 0 Å². The molecule has 0 unspecified atom stereocenters. The summed E-state index contributed by atoms with van der Waals surface area (Å²) in [5.41, 5.74) is 2.29.